The van der Waals surface area contributed by atoms with E-state index in [0.29, 0.717) is 30.6 Å². The summed E-state index contributed by atoms with van der Waals surface area (Å²) in [6.07, 6.45) is 21.8. The number of rotatable bonds is 9. The zero-order chi connectivity index (χ0) is 27.8. The summed E-state index contributed by atoms with van der Waals surface area (Å²) < 4.78 is 0. The van der Waals surface area contributed by atoms with E-state index in [2.05, 4.69) is 51.7 Å². The van der Waals surface area contributed by atoms with Crippen LogP contribution >= 0.6 is 11.3 Å². The molecule has 0 aliphatic heterocycles. The van der Waals surface area contributed by atoms with Crippen molar-refractivity contribution in [2.75, 3.05) is 0 Å². The van der Waals surface area contributed by atoms with Crippen molar-refractivity contribution in [2.45, 2.75) is 122 Å². The number of allylic oxidation sites excluding steroid dienone is 4. The summed E-state index contributed by atoms with van der Waals surface area (Å²) in [5, 5.41) is 32.8. The van der Waals surface area contributed by atoms with Crippen LogP contribution in [-0.4, -0.2) is 38.6 Å². The van der Waals surface area contributed by atoms with Gasteiger partial charge in [-0.2, -0.15) is 0 Å². The lowest BCUT2D eigenvalue weighted by molar-refractivity contribution is 0.0862. The molecule has 5 heteroatoms. The highest BCUT2D eigenvalue weighted by molar-refractivity contribution is 7.11. The second kappa shape index (κ2) is 11.8. The van der Waals surface area contributed by atoms with Crippen molar-refractivity contribution < 1.29 is 15.3 Å². The van der Waals surface area contributed by atoms with Gasteiger partial charge in [-0.15, -0.1) is 11.3 Å². The molecule has 2 unspecified atom stereocenters. The van der Waals surface area contributed by atoms with Gasteiger partial charge in [-0.3, -0.25) is 0 Å². The Morgan fingerprint density at radius 1 is 1.18 bits per heavy atom. The van der Waals surface area contributed by atoms with Crippen molar-refractivity contribution >= 4 is 11.3 Å². The number of fused-ring (bicyclic) bond motifs is 1. The molecule has 0 aromatic carbocycles. The van der Waals surface area contributed by atoms with Crippen molar-refractivity contribution in [1.82, 2.24) is 4.98 Å². The molecule has 4 nitrogen and oxygen atoms in total. The highest BCUT2D eigenvalue weighted by atomic mass is 32.1. The molecule has 39 heavy (non-hydrogen) atoms. The summed E-state index contributed by atoms with van der Waals surface area (Å²) in [5.74, 6) is 1.60. The molecule has 3 N–H and O–H groups in total. The second-order valence-electron chi connectivity index (χ2n) is 13.2. The molecule has 0 bridgehead atoms. The van der Waals surface area contributed by atoms with Gasteiger partial charge in [0.1, 0.15) is 5.01 Å². The minimum absolute atomic E-state index is 0.161. The average Bonchev–Trinajstić information content (AvgIpc) is 3.44. The number of nitrogens with zero attached hydrogens (tertiary/aromatic N) is 1. The van der Waals surface area contributed by atoms with E-state index < -0.39 is 18.3 Å². The third kappa shape index (κ3) is 5.80. The van der Waals surface area contributed by atoms with Gasteiger partial charge in [-0.1, -0.05) is 63.6 Å². The number of aromatic nitrogens is 1. The third-order valence-corrected chi connectivity index (χ3v) is 11.9. The first-order chi connectivity index (χ1) is 18.7. The van der Waals surface area contributed by atoms with Crippen LogP contribution in [0.25, 0.3) is 0 Å². The third-order valence-electron chi connectivity index (χ3n) is 10.6. The number of hydrogen-bond donors (Lipinski definition) is 3. The normalized spacial score (nSPS) is 36.0. The molecule has 4 fully saturated rings. The van der Waals surface area contributed by atoms with E-state index in [0.717, 1.165) is 41.8 Å². The van der Waals surface area contributed by atoms with Crippen LogP contribution in [0, 0.1) is 23.2 Å². The molecule has 7 atom stereocenters. The van der Waals surface area contributed by atoms with Crippen LogP contribution in [0.4, 0.5) is 0 Å². The van der Waals surface area contributed by atoms with Gasteiger partial charge in [0.15, 0.2) is 0 Å². The molecular weight excluding hydrogens is 502 g/mol. The summed E-state index contributed by atoms with van der Waals surface area (Å²) >= 11 is 1.81. The Bertz CT molecular complexity index is 1130. The lowest BCUT2D eigenvalue weighted by atomic mass is 9.61. The molecule has 4 aliphatic carbocycles. The summed E-state index contributed by atoms with van der Waals surface area (Å²) in [6, 6.07) is 0. The molecular formula is C34H49NO3S. The Labute approximate surface area is 239 Å². The molecule has 0 radical (unpaired) electrons. The van der Waals surface area contributed by atoms with E-state index in [1.807, 2.05) is 17.5 Å². The van der Waals surface area contributed by atoms with Crippen LogP contribution in [0.15, 0.2) is 53.8 Å². The van der Waals surface area contributed by atoms with E-state index in [1.54, 1.807) is 0 Å². The first-order valence-electron chi connectivity index (χ1n) is 15.4. The maximum atomic E-state index is 11.3. The van der Waals surface area contributed by atoms with E-state index in [9.17, 15) is 15.3 Å². The average molecular weight is 552 g/mol. The van der Waals surface area contributed by atoms with Gasteiger partial charge >= 0.3 is 0 Å². The molecule has 0 spiro atoms. The van der Waals surface area contributed by atoms with Crippen LogP contribution in [0.1, 0.15) is 101 Å². The van der Waals surface area contributed by atoms with Gasteiger partial charge in [-0.25, -0.2) is 4.98 Å². The van der Waals surface area contributed by atoms with Gasteiger partial charge in [0.05, 0.1) is 23.7 Å². The van der Waals surface area contributed by atoms with Crippen molar-refractivity contribution in [2.24, 2.45) is 23.2 Å². The molecule has 4 saturated carbocycles. The zero-order valence-corrected chi connectivity index (χ0v) is 25.1. The molecule has 1 heterocycles. The molecule has 0 saturated heterocycles. The maximum Gasteiger partial charge on any atom is 0.102 e. The fourth-order valence-corrected chi connectivity index (χ4v) is 9.22. The summed E-state index contributed by atoms with van der Waals surface area (Å²) in [5.41, 5.74) is 3.39. The monoisotopic (exact) mass is 551 g/mol. The maximum absolute atomic E-state index is 11.3. The van der Waals surface area contributed by atoms with Crippen molar-refractivity contribution in [1.29, 1.82) is 0 Å². The van der Waals surface area contributed by atoms with Crippen LogP contribution in [0.5, 0.6) is 0 Å². The van der Waals surface area contributed by atoms with Crippen LogP contribution in [-0.2, 0) is 11.8 Å². The quantitative estimate of drug-likeness (QED) is 0.284. The zero-order valence-electron chi connectivity index (χ0n) is 24.2. The number of aliphatic hydroxyl groups is 3. The standard InChI is InChI=1S/C34H49NO3S/c1-5-6-9-27-21-35-32(39-27)34(17-18-34)31(38)15-10-22(2)28-13-14-29-24(8-7-16-33(28,29)4)11-12-25-19-26(36)20-30(37)23(25)3/h10-12,15,21-22,26,28-31,36-38H,3,5-9,13-14,16-20H2,1-2,4H3/b15-10+,24-11+,25-12-/t22-,26-,28-,29?,30+,31?,33-/m1/s1. The van der Waals surface area contributed by atoms with Crippen molar-refractivity contribution in [3.8, 4) is 0 Å². The van der Waals surface area contributed by atoms with Gasteiger partial charge < -0.3 is 15.3 Å². The Kier molecular flexibility index (Phi) is 8.74. The number of aliphatic hydroxyl groups excluding tert-OH is 3. The fourth-order valence-electron chi connectivity index (χ4n) is 7.98. The van der Waals surface area contributed by atoms with Gasteiger partial charge in [0, 0.05) is 17.5 Å². The van der Waals surface area contributed by atoms with E-state index in [-0.39, 0.29) is 10.8 Å². The van der Waals surface area contributed by atoms with Crippen LogP contribution in [0.3, 0.4) is 0 Å². The Balaban J connectivity index is 1.26. The molecule has 4 aliphatic rings. The topological polar surface area (TPSA) is 73.6 Å². The number of thiazole rings is 1. The fraction of sp³-hybridized carbons (Fsp3) is 0.676. The predicted molar refractivity (Wildman–Crippen MR) is 161 cm³/mol. The van der Waals surface area contributed by atoms with Crippen molar-refractivity contribution in [3.63, 3.8) is 0 Å². The van der Waals surface area contributed by atoms with E-state index >= 15 is 0 Å². The van der Waals surface area contributed by atoms with Gasteiger partial charge in [0.2, 0.25) is 0 Å². The Morgan fingerprint density at radius 2 is 1.97 bits per heavy atom. The first-order valence-corrected chi connectivity index (χ1v) is 16.3. The largest absolute Gasteiger partial charge is 0.393 e. The number of unbranched alkanes of at least 4 members (excludes halogenated alkanes) is 1. The Morgan fingerprint density at radius 3 is 2.72 bits per heavy atom. The summed E-state index contributed by atoms with van der Waals surface area (Å²) in [4.78, 5) is 6.10. The molecule has 5 rings (SSSR count). The predicted octanol–water partition coefficient (Wildman–Crippen LogP) is 7.21. The Hall–Kier alpha value is -1.53. The lowest BCUT2D eigenvalue weighted by Crippen LogP contribution is -2.35. The number of hydrogen-bond acceptors (Lipinski definition) is 5. The molecule has 214 valence electrons. The highest BCUT2D eigenvalue weighted by Crippen LogP contribution is 2.60. The van der Waals surface area contributed by atoms with Gasteiger partial charge in [-0.05, 0) is 98.5 Å². The SMILES string of the molecule is C=C1/C(=C\C=C2/CCC[C@@]3(C)C2CC[C@@H]3[C@H](C)/C=C/C(O)C2(c3ncc(CCCC)s3)CC2)C[C@@H](O)C[C@@H]1O. The summed E-state index contributed by atoms with van der Waals surface area (Å²) in [7, 11) is 0. The second-order valence-corrected chi connectivity index (χ2v) is 14.4. The highest BCUT2D eigenvalue weighted by Gasteiger charge is 2.53. The summed E-state index contributed by atoms with van der Waals surface area (Å²) in [6.45, 7) is 11.2. The minimum atomic E-state index is -0.637. The van der Waals surface area contributed by atoms with E-state index in [1.165, 1.54) is 49.0 Å². The van der Waals surface area contributed by atoms with Crippen LogP contribution in [0.2, 0.25) is 0 Å². The minimum Gasteiger partial charge on any atom is -0.393 e. The number of aryl methyl sites for hydroxylation is 1. The van der Waals surface area contributed by atoms with Crippen molar-refractivity contribution in [3.05, 3.63) is 63.7 Å². The van der Waals surface area contributed by atoms with E-state index in [4.69, 9.17) is 4.98 Å². The lowest BCUT2D eigenvalue weighted by Gasteiger charge is -2.44. The molecule has 0 amide bonds. The van der Waals surface area contributed by atoms with Crippen LogP contribution < -0.4 is 0 Å². The first kappa shape index (κ1) is 29.0. The molecule has 1 aromatic heterocycles. The van der Waals surface area contributed by atoms with Gasteiger partial charge in [0.25, 0.3) is 0 Å². The molecule has 1 aromatic rings. The smallest absolute Gasteiger partial charge is 0.102 e.